The minimum Gasteiger partial charge on any atom is -0.288 e. The van der Waals surface area contributed by atoms with Gasteiger partial charge in [-0.3, -0.25) is 4.79 Å². The molecule has 0 saturated carbocycles. The van der Waals surface area contributed by atoms with Gasteiger partial charge in [-0.15, -0.1) is 0 Å². The Morgan fingerprint density at radius 1 is 1.53 bits per heavy atom. The third kappa shape index (κ3) is 4.05. The molecule has 76 valence electrons. The van der Waals surface area contributed by atoms with Crippen LogP contribution in [0, 0.1) is 11.8 Å². The van der Waals surface area contributed by atoms with Crippen LogP contribution in [0.15, 0.2) is 30.8 Å². The molecule has 0 aliphatic rings. The van der Waals surface area contributed by atoms with Crippen LogP contribution in [0.2, 0.25) is 0 Å². The van der Waals surface area contributed by atoms with Gasteiger partial charge in [-0.1, -0.05) is 54.5 Å². The zero-order valence-corrected chi connectivity index (χ0v) is 9.43. The van der Waals surface area contributed by atoms with E-state index in [1.54, 1.807) is 13.0 Å². The predicted molar refractivity (Wildman–Crippen MR) is 66.6 cm³/mol. The van der Waals surface area contributed by atoms with Crippen molar-refractivity contribution in [3.05, 3.63) is 42.0 Å². The van der Waals surface area contributed by atoms with Crippen LogP contribution in [0.4, 0.5) is 0 Å². The second-order valence-electron chi connectivity index (χ2n) is 2.87. The number of hydrogen-bond acceptors (Lipinski definition) is 2. The quantitative estimate of drug-likeness (QED) is 0.707. The highest BCUT2D eigenvalue weighted by atomic mass is 32.2. The molecular weight excluding hydrogens is 204 g/mol. The van der Waals surface area contributed by atoms with Crippen molar-refractivity contribution in [2.45, 2.75) is 6.92 Å². The molecule has 0 atom stereocenters. The number of thioether (sulfide) groups is 1. The number of rotatable bonds is 2. The smallest absolute Gasteiger partial charge is 0.186 e. The standard InChI is InChI=1S/C13H12OS/c1-3-12-7-4-5-8-13(12)9-6-10-15-11(2)14/h3-5,7-8H,1,10H2,2H3. The highest BCUT2D eigenvalue weighted by Crippen LogP contribution is 2.08. The third-order valence-corrected chi connectivity index (χ3v) is 2.45. The SMILES string of the molecule is C=Cc1ccccc1C#CCSC(C)=O. The summed E-state index contributed by atoms with van der Waals surface area (Å²) < 4.78 is 0. The first-order valence-corrected chi connectivity index (χ1v) is 5.56. The van der Waals surface area contributed by atoms with Gasteiger partial charge in [-0.2, -0.15) is 0 Å². The number of carbonyl (C=O) groups excluding carboxylic acids is 1. The molecule has 0 saturated heterocycles. The van der Waals surface area contributed by atoms with Crippen LogP contribution in [0.25, 0.3) is 6.08 Å². The first-order valence-electron chi connectivity index (χ1n) is 4.57. The van der Waals surface area contributed by atoms with Crippen LogP contribution >= 0.6 is 11.8 Å². The van der Waals surface area contributed by atoms with E-state index < -0.39 is 0 Å². The molecule has 1 aromatic rings. The average Bonchev–Trinajstić information content (AvgIpc) is 2.24. The maximum absolute atomic E-state index is 10.7. The topological polar surface area (TPSA) is 17.1 Å². The van der Waals surface area contributed by atoms with Crippen LogP contribution in [-0.2, 0) is 4.79 Å². The van der Waals surface area contributed by atoms with Gasteiger partial charge in [-0.25, -0.2) is 0 Å². The monoisotopic (exact) mass is 216 g/mol. The van der Waals surface area contributed by atoms with Crippen LogP contribution in [-0.4, -0.2) is 10.9 Å². The first kappa shape index (κ1) is 11.6. The molecule has 0 radical (unpaired) electrons. The molecule has 0 aliphatic heterocycles. The van der Waals surface area contributed by atoms with Crippen LogP contribution < -0.4 is 0 Å². The van der Waals surface area contributed by atoms with Crippen molar-refractivity contribution in [2.24, 2.45) is 0 Å². The Kier molecular flexibility index (Phi) is 4.73. The van der Waals surface area contributed by atoms with Gasteiger partial charge in [0, 0.05) is 12.5 Å². The zero-order valence-electron chi connectivity index (χ0n) is 8.62. The van der Waals surface area contributed by atoms with Gasteiger partial charge < -0.3 is 0 Å². The molecule has 0 aromatic heterocycles. The van der Waals surface area contributed by atoms with E-state index in [0.717, 1.165) is 11.1 Å². The number of benzene rings is 1. The fraction of sp³-hybridized carbons (Fsp3) is 0.154. The highest BCUT2D eigenvalue weighted by molar-refractivity contribution is 8.13. The van der Waals surface area contributed by atoms with E-state index in [0.29, 0.717) is 5.75 Å². The van der Waals surface area contributed by atoms with Gasteiger partial charge in [0.05, 0.1) is 5.75 Å². The lowest BCUT2D eigenvalue weighted by molar-refractivity contribution is -0.109. The predicted octanol–water partition coefficient (Wildman–Crippen LogP) is 2.96. The maximum atomic E-state index is 10.7. The lowest BCUT2D eigenvalue weighted by Crippen LogP contribution is -1.84. The van der Waals surface area contributed by atoms with E-state index in [2.05, 4.69) is 18.4 Å². The Bertz CT molecular complexity index is 424. The minimum atomic E-state index is 0.0984. The summed E-state index contributed by atoms with van der Waals surface area (Å²) >= 11 is 1.23. The average molecular weight is 216 g/mol. The molecule has 1 aromatic carbocycles. The molecule has 0 fully saturated rings. The molecule has 0 aliphatic carbocycles. The van der Waals surface area contributed by atoms with Crippen molar-refractivity contribution >= 4 is 23.0 Å². The molecule has 15 heavy (non-hydrogen) atoms. The minimum absolute atomic E-state index is 0.0984. The van der Waals surface area contributed by atoms with Crippen molar-refractivity contribution in [3.63, 3.8) is 0 Å². The molecule has 0 heterocycles. The summed E-state index contributed by atoms with van der Waals surface area (Å²) in [5, 5.41) is 0.0984. The maximum Gasteiger partial charge on any atom is 0.186 e. The fourth-order valence-corrected chi connectivity index (χ4v) is 1.41. The van der Waals surface area contributed by atoms with E-state index in [4.69, 9.17) is 0 Å². The van der Waals surface area contributed by atoms with Crippen LogP contribution in [0.1, 0.15) is 18.1 Å². The summed E-state index contributed by atoms with van der Waals surface area (Å²) in [6.45, 7) is 5.27. The molecule has 1 rings (SSSR count). The molecule has 2 heteroatoms. The van der Waals surface area contributed by atoms with Gasteiger partial charge in [0.2, 0.25) is 0 Å². The van der Waals surface area contributed by atoms with E-state index in [-0.39, 0.29) is 5.12 Å². The largest absolute Gasteiger partial charge is 0.288 e. The second kappa shape index (κ2) is 6.10. The van der Waals surface area contributed by atoms with Crippen molar-refractivity contribution in [1.82, 2.24) is 0 Å². The summed E-state index contributed by atoms with van der Waals surface area (Å²) in [7, 11) is 0. The molecule has 0 amide bonds. The molecular formula is C13H12OS. The van der Waals surface area contributed by atoms with Gasteiger partial charge in [0.1, 0.15) is 0 Å². The van der Waals surface area contributed by atoms with E-state index in [1.165, 1.54) is 11.8 Å². The van der Waals surface area contributed by atoms with E-state index >= 15 is 0 Å². The number of hydrogen-bond donors (Lipinski definition) is 0. The molecule has 0 bridgehead atoms. The fourth-order valence-electron chi connectivity index (χ4n) is 1.06. The summed E-state index contributed by atoms with van der Waals surface area (Å²) in [5.74, 6) is 6.52. The summed E-state index contributed by atoms with van der Waals surface area (Å²) in [5.41, 5.74) is 1.98. The van der Waals surface area contributed by atoms with Crippen molar-refractivity contribution in [1.29, 1.82) is 0 Å². The summed E-state index contributed by atoms with van der Waals surface area (Å²) in [4.78, 5) is 10.7. The van der Waals surface area contributed by atoms with Crippen LogP contribution in [0.3, 0.4) is 0 Å². The lowest BCUT2D eigenvalue weighted by atomic mass is 10.1. The second-order valence-corrected chi connectivity index (χ2v) is 4.03. The van der Waals surface area contributed by atoms with Crippen molar-refractivity contribution in [2.75, 3.05) is 5.75 Å². The Morgan fingerprint density at radius 2 is 2.27 bits per heavy atom. The Balaban J connectivity index is 2.70. The molecule has 0 N–H and O–H groups in total. The Morgan fingerprint density at radius 3 is 2.93 bits per heavy atom. The molecule has 0 unspecified atom stereocenters. The van der Waals surface area contributed by atoms with Crippen molar-refractivity contribution in [3.8, 4) is 11.8 Å². The zero-order chi connectivity index (χ0) is 11.1. The Labute approximate surface area is 94.6 Å². The van der Waals surface area contributed by atoms with Gasteiger partial charge >= 0.3 is 0 Å². The van der Waals surface area contributed by atoms with Gasteiger partial charge in [-0.05, 0) is 11.6 Å². The first-order chi connectivity index (χ1) is 7.24. The summed E-state index contributed by atoms with van der Waals surface area (Å²) in [6, 6.07) is 7.80. The Hall–Kier alpha value is -1.46. The van der Waals surface area contributed by atoms with Crippen LogP contribution in [0.5, 0.6) is 0 Å². The van der Waals surface area contributed by atoms with Gasteiger partial charge in [0.15, 0.2) is 5.12 Å². The normalized spacial score (nSPS) is 8.87. The summed E-state index contributed by atoms with van der Waals surface area (Å²) in [6.07, 6.45) is 1.78. The van der Waals surface area contributed by atoms with Crippen molar-refractivity contribution < 1.29 is 4.79 Å². The molecule has 1 nitrogen and oxygen atoms in total. The lowest BCUT2D eigenvalue weighted by Gasteiger charge is -1.95. The third-order valence-electron chi connectivity index (χ3n) is 1.75. The molecule has 0 spiro atoms. The van der Waals surface area contributed by atoms with Gasteiger partial charge in [0.25, 0.3) is 0 Å². The number of carbonyl (C=O) groups is 1. The van der Waals surface area contributed by atoms with E-state index in [9.17, 15) is 4.79 Å². The highest BCUT2D eigenvalue weighted by Gasteiger charge is 1.93. The van der Waals surface area contributed by atoms with E-state index in [1.807, 2.05) is 24.3 Å².